The summed E-state index contributed by atoms with van der Waals surface area (Å²) in [7, 11) is 0. The van der Waals surface area contributed by atoms with E-state index in [1.165, 1.54) is 42.4 Å². The Bertz CT molecular complexity index is 1120. The molecular formula is C26H27NS. The van der Waals surface area contributed by atoms with Crippen LogP contribution in [0.4, 0.5) is 0 Å². The van der Waals surface area contributed by atoms with Crippen molar-refractivity contribution in [3.8, 4) is 0 Å². The first kappa shape index (κ1) is 18.9. The zero-order valence-electron chi connectivity index (χ0n) is 16.9. The van der Waals surface area contributed by atoms with Crippen molar-refractivity contribution in [1.82, 2.24) is 4.90 Å². The lowest BCUT2D eigenvalue weighted by molar-refractivity contribution is 0.330. The van der Waals surface area contributed by atoms with Gasteiger partial charge in [-0.05, 0) is 54.9 Å². The first-order valence-corrected chi connectivity index (χ1v) is 10.9. The van der Waals surface area contributed by atoms with Crippen LogP contribution in [-0.2, 0) is 0 Å². The number of rotatable bonds is 6. The number of hydrogen-bond donors (Lipinski definition) is 0. The van der Waals surface area contributed by atoms with E-state index >= 15 is 0 Å². The van der Waals surface area contributed by atoms with Crippen LogP contribution < -0.4 is 0 Å². The molecule has 3 aromatic carbocycles. The van der Waals surface area contributed by atoms with E-state index in [4.69, 9.17) is 0 Å². The van der Waals surface area contributed by atoms with Crippen molar-refractivity contribution >= 4 is 37.1 Å². The summed E-state index contributed by atoms with van der Waals surface area (Å²) >= 11 is 1.88. The maximum Gasteiger partial charge on any atom is 0.0355 e. The van der Waals surface area contributed by atoms with E-state index < -0.39 is 0 Å². The number of benzene rings is 3. The molecule has 4 rings (SSSR count). The Morgan fingerprint density at radius 1 is 0.750 bits per heavy atom. The Morgan fingerprint density at radius 3 is 2.18 bits per heavy atom. The van der Waals surface area contributed by atoms with Gasteiger partial charge in [0.15, 0.2) is 0 Å². The van der Waals surface area contributed by atoms with Crippen molar-refractivity contribution < 1.29 is 0 Å². The predicted octanol–water partition coefficient (Wildman–Crippen LogP) is 7.22. The van der Waals surface area contributed by atoms with Crippen molar-refractivity contribution in [2.75, 3.05) is 19.6 Å². The van der Waals surface area contributed by atoms with Gasteiger partial charge in [0.05, 0.1) is 0 Å². The number of thiophene rings is 1. The van der Waals surface area contributed by atoms with Gasteiger partial charge in [-0.15, -0.1) is 11.3 Å². The summed E-state index contributed by atoms with van der Waals surface area (Å²) < 4.78 is 2.72. The SMILES string of the molecule is CCN(CC)CC(C)=C(c1ccccc1)c1ccc2sc3ccccc3c2c1. The second-order valence-electron chi connectivity index (χ2n) is 7.29. The summed E-state index contributed by atoms with van der Waals surface area (Å²) in [5.41, 5.74) is 5.40. The highest BCUT2D eigenvalue weighted by Gasteiger charge is 2.13. The molecule has 0 amide bonds. The van der Waals surface area contributed by atoms with Crippen LogP contribution in [0.5, 0.6) is 0 Å². The van der Waals surface area contributed by atoms with Gasteiger partial charge in [0.25, 0.3) is 0 Å². The monoisotopic (exact) mass is 385 g/mol. The molecule has 0 aliphatic rings. The number of fused-ring (bicyclic) bond motifs is 3. The summed E-state index contributed by atoms with van der Waals surface area (Å²) in [5, 5.41) is 2.72. The van der Waals surface area contributed by atoms with Gasteiger partial charge in [0.1, 0.15) is 0 Å². The third-order valence-electron chi connectivity index (χ3n) is 5.51. The molecule has 28 heavy (non-hydrogen) atoms. The molecule has 0 aliphatic heterocycles. The molecule has 0 spiro atoms. The standard InChI is InChI=1S/C26H27NS/c1-4-27(5-2)18-19(3)26(20-11-7-6-8-12-20)21-15-16-25-23(17-21)22-13-9-10-14-24(22)28-25/h6-17H,4-5,18H2,1-3H3. The third kappa shape index (κ3) is 3.63. The van der Waals surface area contributed by atoms with Crippen molar-refractivity contribution in [1.29, 1.82) is 0 Å². The summed E-state index contributed by atoms with van der Waals surface area (Å²) in [6, 6.07) is 26.5. The van der Waals surface area contributed by atoms with Crippen LogP contribution in [0.3, 0.4) is 0 Å². The first-order valence-electron chi connectivity index (χ1n) is 10.1. The highest BCUT2D eigenvalue weighted by molar-refractivity contribution is 7.25. The van der Waals surface area contributed by atoms with Crippen molar-refractivity contribution in [2.45, 2.75) is 20.8 Å². The minimum Gasteiger partial charge on any atom is -0.300 e. The fraction of sp³-hybridized carbons (Fsp3) is 0.231. The van der Waals surface area contributed by atoms with E-state index in [-0.39, 0.29) is 0 Å². The van der Waals surface area contributed by atoms with Crippen molar-refractivity contribution in [3.05, 3.63) is 89.5 Å². The normalized spacial score (nSPS) is 12.7. The Morgan fingerprint density at radius 2 is 1.43 bits per heavy atom. The predicted molar refractivity (Wildman–Crippen MR) is 125 cm³/mol. The molecule has 0 N–H and O–H groups in total. The molecule has 1 nitrogen and oxygen atoms in total. The average Bonchev–Trinajstić information content (AvgIpc) is 3.11. The fourth-order valence-electron chi connectivity index (χ4n) is 4.01. The average molecular weight is 386 g/mol. The van der Waals surface area contributed by atoms with Gasteiger partial charge in [-0.3, -0.25) is 4.90 Å². The first-order chi connectivity index (χ1) is 13.7. The summed E-state index contributed by atoms with van der Waals surface area (Å²) in [6.45, 7) is 9.91. The summed E-state index contributed by atoms with van der Waals surface area (Å²) in [5.74, 6) is 0. The topological polar surface area (TPSA) is 3.24 Å². The maximum atomic E-state index is 2.48. The molecule has 2 heteroatoms. The molecule has 0 atom stereocenters. The van der Waals surface area contributed by atoms with Crippen LogP contribution in [0.25, 0.3) is 25.7 Å². The Balaban J connectivity index is 1.90. The molecule has 0 fully saturated rings. The van der Waals surface area contributed by atoms with Gasteiger partial charge in [-0.2, -0.15) is 0 Å². The van der Waals surface area contributed by atoms with Crippen LogP contribution >= 0.6 is 11.3 Å². The van der Waals surface area contributed by atoms with E-state index in [1.807, 2.05) is 11.3 Å². The van der Waals surface area contributed by atoms with E-state index in [2.05, 4.69) is 98.5 Å². The number of hydrogen-bond acceptors (Lipinski definition) is 2. The quantitative estimate of drug-likeness (QED) is 0.339. The van der Waals surface area contributed by atoms with Gasteiger partial charge in [0.2, 0.25) is 0 Å². The molecule has 1 heterocycles. The maximum absolute atomic E-state index is 2.48. The Labute approximate surface area is 171 Å². The van der Waals surface area contributed by atoms with Crippen LogP contribution in [0, 0.1) is 0 Å². The largest absolute Gasteiger partial charge is 0.300 e. The van der Waals surface area contributed by atoms with Gasteiger partial charge in [-0.25, -0.2) is 0 Å². The van der Waals surface area contributed by atoms with Gasteiger partial charge in [0, 0.05) is 26.7 Å². The fourth-order valence-corrected chi connectivity index (χ4v) is 5.09. The second-order valence-corrected chi connectivity index (χ2v) is 8.38. The summed E-state index contributed by atoms with van der Waals surface area (Å²) in [4.78, 5) is 2.48. The molecule has 0 bridgehead atoms. The Kier molecular flexibility index (Phi) is 5.61. The highest BCUT2D eigenvalue weighted by atomic mass is 32.1. The highest BCUT2D eigenvalue weighted by Crippen LogP contribution is 2.37. The van der Waals surface area contributed by atoms with Crippen LogP contribution in [0.2, 0.25) is 0 Å². The number of nitrogens with zero attached hydrogens (tertiary/aromatic N) is 1. The van der Waals surface area contributed by atoms with Gasteiger partial charge in [-0.1, -0.05) is 74.0 Å². The van der Waals surface area contributed by atoms with Crippen LogP contribution in [0.1, 0.15) is 31.9 Å². The zero-order chi connectivity index (χ0) is 19.5. The van der Waals surface area contributed by atoms with E-state index in [0.29, 0.717) is 0 Å². The van der Waals surface area contributed by atoms with Crippen molar-refractivity contribution in [2.24, 2.45) is 0 Å². The summed E-state index contributed by atoms with van der Waals surface area (Å²) in [6.07, 6.45) is 0. The minimum atomic E-state index is 1.000. The van der Waals surface area contributed by atoms with E-state index in [9.17, 15) is 0 Å². The van der Waals surface area contributed by atoms with Crippen LogP contribution in [-0.4, -0.2) is 24.5 Å². The number of likely N-dealkylation sites (N-methyl/N-ethyl adjacent to an activating group) is 1. The molecule has 0 saturated carbocycles. The molecule has 0 unspecified atom stereocenters. The van der Waals surface area contributed by atoms with Crippen LogP contribution in [0.15, 0.2) is 78.4 Å². The molecule has 142 valence electrons. The molecule has 0 radical (unpaired) electrons. The van der Waals surface area contributed by atoms with E-state index in [1.54, 1.807) is 0 Å². The van der Waals surface area contributed by atoms with Crippen molar-refractivity contribution in [3.63, 3.8) is 0 Å². The third-order valence-corrected chi connectivity index (χ3v) is 6.66. The van der Waals surface area contributed by atoms with Gasteiger partial charge < -0.3 is 0 Å². The lowest BCUT2D eigenvalue weighted by Crippen LogP contribution is -2.25. The molecular weight excluding hydrogens is 358 g/mol. The lowest BCUT2D eigenvalue weighted by atomic mass is 9.92. The zero-order valence-corrected chi connectivity index (χ0v) is 17.7. The molecule has 1 aromatic heterocycles. The lowest BCUT2D eigenvalue weighted by Gasteiger charge is -2.21. The molecule has 0 aliphatic carbocycles. The minimum absolute atomic E-state index is 1.000. The smallest absolute Gasteiger partial charge is 0.0355 e. The second kappa shape index (κ2) is 8.30. The van der Waals surface area contributed by atoms with Gasteiger partial charge >= 0.3 is 0 Å². The molecule has 0 saturated heterocycles. The molecule has 4 aromatic rings. The van der Waals surface area contributed by atoms with E-state index in [0.717, 1.165) is 19.6 Å². The Hall–Kier alpha value is -2.42.